The SMILES string of the molecule is COCCCC1(CO)CCCN(C(=O)CC(F)(F)F)C1. The fourth-order valence-electron chi connectivity index (χ4n) is 2.71. The predicted octanol–water partition coefficient (Wildman–Crippen LogP) is 1.97. The lowest BCUT2D eigenvalue weighted by Gasteiger charge is -2.42. The molecule has 4 nitrogen and oxygen atoms in total. The van der Waals surface area contributed by atoms with Crippen LogP contribution in [0.1, 0.15) is 32.1 Å². The largest absolute Gasteiger partial charge is 0.397 e. The summed E-state index contributed by atoms with van der Waals surface area (Å²) in [7, 11) is 1.58. The number of likely N-dealkylation sites (tertiary alicyclic amines) is 1. The molecule has 1 heterocycles. The molecule has 20 heavy (non-hydrogen) atoms. The number of piperidine rings is 1. The summed E-state index contributed by atoms with van der Waals surface area (Å²) in [6.07, 6.45) is -3.19. The number of methoxy groups -OCH3 is 1. The van der Waals surface area contributed by atoms with Gasteiger partial charge in [0, 0.05) is 32.2 Å². The van der Waals surface area contributed by atoms with Crippen molar-refractivity contribution in [1.29, 1.82) is 0 Å². The van der Waals surface area contributed by atoms with Crippen molar-refractivity contribution in [3.8, 4) is 0 Å². The van der Waals surface area contributed by atoms with Crippen LogP contribution >= 0.6 is 0 Å². The zero-order chi connectivity index (χ0) is 15.2. The number of aliphatic hydroxyl groups is 1. The molecule has 1 atom stereocenters. The summed E-state index contributed by atoms with van der Waals surface area (Å²) >= 11 is 0. The number of amides is 1. The van der Waals surface area contributed by atoms with Crippen molar-refractivity contribution >= 4 is 5.91 Å². The van der Waals surface area contributed by atoms with Crippen LogP contribution in [0.3, 0.4) is 0 Å². The summed E-state index contributed by atoms with van der Waals surface area (Å²) in [6.45, 7) is 0.952. The lowest BCUT2D eigenvalue weighted by Crippen LogP contribution is -2.48. The summed E-state index contributed by atoms with van der Waals surface area (Å²) in [5.74, 6) is -0.901. The Morgan fingerprint density at radius 3 is 2.70 bits per heavy atom. The van der Waals surface area contributed by atoms with Crippen molar-refractivity contribution in [3.63, 3.8) is 0 Å². The Labute approximate surface area is 116 Å². The standard InChI is InChI=1S/C13H22F3NO3/c1-20-7-3-5-12(10-18)4-2-6-17(9-12)11(19)8-13(14,15)16/h18H,2-10H2,1H3. The molecule has 1 N–H and O–H groups in total. The van der Waals surface area contributed by atoms with Crippen LogP contribution in [0.4, 0.5) is 13.2 Å². The Hall–Kier alpha value is -0.820. The molecule has 0 spiro atoms. The van der Waals surface area contributed by atoms with Crippen molar-refractivity contribution in [2.45, 2.75) is 38.3 Å². The highest BCUT2D eigenvalue weighted by atomic mass is 19.4. The molecule has 1 rings (SSSR count). The third-order valence-electron chi connectivity index (χ3n) is 3.76. The third kappa shape index (κ3) is 5.28. The van der Waals surface area contributed by atoms with Gasteiger partial charge >= 0.3 is 6.18 Å². The van der Waals surface area contributed by atoms with Crippen LogP contribution in [0.2, 0.25) is 0 Å². The number of rotatable bonds is 6. The van der Waals surface area contributed by atoms with Gasteiger partial charge in [0.25, 0.3) is 0 Å². The maximum Gasteiger partial charge on any atom is 0.397 e. The van der Waals surface area contributed by atoms with E-state index in [0.717, 1.165) is 12.8 Å². The van der Waals surface area contributed by atoms with Crippen LogP contribution in [0, 0.1) is 5.41 Å². The van der Waals surface area contributed by atoms with Gasteiger partial charge < -0.3 is 14.7 Å². The number of hydrogen-bond acceptors (Lipinski definition) is 3. The summed E-state index contributed by atoms with van der Waals surface area (Å²) in [5.41, 5.74) is -0.488. The molecule has 0 bridgehead atoms. The smallest absolute Gasteiger partial charge is 0.396 e. The molecule has 7 heteroatoms. The van der Waals surface area contributed by atoms with Gasteiger partial charge in [-0.15, -0.1) is 0 Å². The van der Waals surface area contributed by atoms with Gasteiger partial charge in [-0.3, -0.25) is 4.79 Å². The van der Waals surface area contributed by atoms with Crippen molar-refractivity contribution in [3.05, 3.63) is 0 Å². The van der Waals surface area contributed by atoms with Crippen molar-refractivity contribution in [2.75, 3.05) is 33.4 Å². The molecule has 1 unspecified atom stereocenters. The average Bonchev–Trinajstić information content (AvgIpc) is 2.37. The van der Waals surface area contributed by atoms with Crippen molar-refractivity contribution in [2.24, 2.45) is 5.41 Å². The number of nitrogens with zero attached hydrogens (tertiary/aromatic N) is 1. The van der Waals surface area contributed by atoms with E-state index < -0.39 is 23.9 Å². The van der Waals surface area contributed by atoms with Crippen LogP contribution < -0.4 is 0 Å². The summed E-state index contributed by atoms with van der Waals surface area (Å²) < 4.78 is 41.8. The van der Waals surface area contributed by atoms with Crippen LogP contribution in [0.25, 0.3) is 0 Å². The molecule has 1 aliphatic heterocycles. The van der Waals surface area contributed by atoms with E-state index in [9.17, 15) is 23.1 Å². The first kappa shape index (κ1) is 17.2. The Morgan fingerprint density at radius 1 is 1.45 bits per heavy atom. The monoisotopic (exact) mass is 297 g/mol. The van der Waals surface area contributed by atoms with Gasteiger partial charge in [0.1, 0.15) is 6.42 Å². The van der Waals surface area contributed by atoms with Gasteiger partial charge in [-0.1, -0.05) is 0 Å². The number of alkyl halides is 3. The molecule has 1 saturated heterocycles. The maximum atomic E-state index is 12.3. The van der Waals surface area contributed by atoms with Gasteiger partial charge in [-0.25, -0.2) is 0 Å². The van der Waals surface area contributed by atoms with Gasteiger partial charge in [0.15, 0.2) is 0 Å². The molecule has 1 fully saturated rings. The molecule has 0 radical (unpaired) electrons. The van der Waals surface area contributed by atoms with Crippen LogP contribution in [-0.2, 0) is 9.53 Å². The second kappa shape index (κ2) is 7.26. The number of aliphatic hydroxyl groups excluding tert-OH is 1. The lowest BCUT2D eigenvalue weighted by molar-refractivity contribution is -0.164. The number of carbonyl (C=O) groups is 1. The van der Waals surface area contributed by atoms with E-state index in [0.29, 0.717) is 26.0 Å². The highest BCUT2D eigenvalue weighted by Gasteiger charge is 2.39. The quantitative estimate of drug-likeness (QED) is 0.763. The minimum absolute atomic E-state index is 0.119. The second-order valence-corrected chi connectivity index (χ2v) is 5.47. The Morgan fingerprint density at radius 2 is 2.15 bits per heavy atom. The predicted molar refractivity (Wildman–Crippen MR) is 67.1 cm³/mol. The van der Waals surface area contributed by atoms with Gasteiger partial charge in [0.2, 0.25) is 5.91 Å². The summed E-state index contributed by atoms with van der Waals surface area (Å²) in [6, 6.07) is 0. The first-order valence-corrected chi connectivity index (χ1v) is 6.76. The van der Waals surface area contributed by atoms with Crippen LogP contribution in [0.5, 0.6) is 0 Å². The fraction of sp³-hybridized carbons (Fsp3) is 0.923. The van der Waals surface area contributed by atoms with E-state index in [1.54, 1.807) is 7.11 Å². The van der Waals surface area contributed by atoms with E-state index in [4.69, 9.17) is 4.74 Å². The molecular formula is C13H22F3NO3. The van der Waals surface area contributed by atoms with E-state index in [1.165, 1.54) is 4.90 Å². The van der Waals surface area contributed by atoms with Crippen molar-refractivity contribution in [1.82, 2.24) is 4.90 Å². The molecule has 118 valence electrons. The minimum atomic E-state index is -4.48. The molecule has 1 amide bonds. The molecule has 0 aliphatic carbocycles. The molecule has 1 aliphatic rings. The molecule has 0 aromatic rings. The van der Waals surface area contributed by atoms with E-state index in [2.05, 4.69) is 0 Å². The number of carbonyl (C=O) groups excluding carboxylic acids is 1. The zero-order valence-corrected chi connectivity index (χ0v) is 11.7. The van der Waals surface area contributed by atoms with E-state index in [1.807, 2.05) is 0 Å². The molecule has 0 aromatic carbocycles. The summed E-state index contributed by atoms with van der Waals surface area (Å²) in [4.78, 5) is 12.9. The van der Waals surface area contributed by atoms with E-state index >= 15 is 0 Å². The fourth-order valence-corrected chi connectivity index (χ4v) is 2.71. The zero-order valence-electron chi connectivity index (χ0n) is 11.7. The number of ether oxygens (including phenoxy) is 1. The van der Waals surface area contributed by atoms with E-state index in [-0.39, 0.29) is 13.2 Å². The van der Waals surface area contributed by atoms with Crippen molar-refractivity contribution < 1.29 is 27.8 Å². The van der Waals surface area contributed by atoms with Gasteiger partial charge in [0.05, 0.1) is 6.61 Å². The Balaban J connectivity index is 2.61. The maximum absolute atomic E-state index is 12.3. The second-order valence-electron chi connectivity index (χ2n) is 5.47. The number of halogens is 3. The highest BCUT2D eigenvalue weighted by Crippen LogP contribution is 2.35. The van der Waals surface area contributed by atoms with Crippen LogP contribution in [-0.4, -0.2) is 55.5 Å². The molecular weight excluding hydrogens is 275 g/mol. The topological polar surface area (TPSA) is 49.8 Å². The highest BCUT2D eigenvalue weighted by molar-refractivity contribution is 5.77. The lowest BCUT2D eigenvalue weighted by atomic mass is 9.77. The summed E-state index contributed by atoms with van der Waals surface area (Å²) in [5, 5.41) is 9.57. The Kier molecular flexibility index (Phi) is 6.26. The minimum Gasteiger partial charge on any atom is -0.396 e. The van der Waals surface area contributed by atoms with Gasteiger partial charge in [-0.2, -0.15) is 13.2 Å². The van der Waals surface area contributed by atoms with Gasteiger partial charge in [-0.05, 0) is 25.7 Å². The number of hydrogen-bond donors (Lipinski definition) is 1. The first-order chi connectivity index (χ1) is 9.32. The molecule has 0 aromatic heterocycles. The van der Waals surface area contributed by atoms with Crippen LogP contribution in [0.15, 0.2) is 0 Å². The normalized spacial score (nSPS) is 23.9. The first-order valence-electron chi connectivity index (χ1n) is 6.76. The average molecular weight is 297 g/mol. The molecule has 0 saturated carbocycles. The Bertz CT molecular complexity index is 322. The third-order valence-corrected chi connectivity index (χ3v) is 3.76.